The van der Waals surface area contributed by atoms with Gasteiger partial charge in [0.05, 0.1) is 6.61 Å². The molecule has 1 N–H and O–H groups in total. The van der Waals surface area contributed by atoms with Crippen molar-refractivity contribution in [2.75, 3.05) is 0 Å². The van der Waals surface area contributed by atoms with Gasteiger partial charge in [-0.25, -0.2) is 9.37 Å². The summed E-state index contributed by atoms with van der Waals surface area (Å²) in [5.41, 5.74) is 2.27. The van der Waals surface area contributed by atoms with Crippen molar-refractivity contribution in [2.45, 2.75) is 20.5 Å². The predicted octanol–water partition coefficient (Wildman–Crippen LogP) is 3.12. The van der Waals surface area contributed by atoms with Crippen molar-refractivity contribution in [1.29, 1.82) is 0 Å². The van der Waals surface area contributed by atoms with Crippen molar-refractivity contribution in [2.24, 2.45) is 0 Å². The minimum Gasteiger partial charge on any atom is -0.438 e. The molecule has 0 aliphatic carbocycles. The summed E-state index contributed by atoms with van der Waals surface area (Å²) >= 11 is 0. The summed E-state index contributed by atoms with van der Waals surface area (Å²) in [6.07, 6.45) is 1.56. The topological polar surface area (TPSA) is 42.4 Å². The second kappa shape index (κ2) is 5.14. The van der Waals surface area contributed by atoms with Crippen LogP contribution >= 0.6 is 0 Å². The number of pyridine rings is 1. The minimum atomic E-state index is -0.292. The Morgan fingerprint density at radius 2 is 2.00 bits per heavy atom. The Morgan fingerprint density at radius 3 is 2.61 bits per heavy atom. The first-order chi connectivity index (χ1) is 8.60. The summed E-state index contributed by atoms with van der Waals surface area (Å²) in [7, 11) is 0. The molecule has 0 aliphatic rings. The molecular weight excluding hydrogens is 233 g/mol. The fourth-order valence-corrected chi connectivity index (χ4v) is 1.65. The first-order valence-corrected chi connectivity index (χ1v) is 5.60. The fourth-order valence-electron chi connectivity index (χ4n) is 1.65. The number of ether oxygens (including phenoxy) is 1. The molecule has 0 bridgehead atoms. The number of aryl methyl sites for hydroxylation is 2. The van der Waals surface area contributed by atoms with Crippen molar-refractivity contribution < 1.29 is 14.2 Å². The smallest absolute Gasteiger partial charge is 0.222 e. The van der Waals surface area contributed by atoms with E-state index in [9.17, 15) is 4.39 Å². The molecule has 0 saturated heterocycles. The number of aliphatic hydroxyl groups excluding tert-OH is 1. The molecule has 0 radical (unpaired) electrons. The maximum Gasteiger partial charge on any atom is 0.222 e. The lowest BCUT2D eigenvalue weighted by atomic mass is 10.2. The number of halogens is 1. The number of hydrogen-bond donors (Lipinski definition) is 1. The average Bonchev–Trinajstić information content (AvgIpc) is 2.34. The molecule has 2 rings (SSSR count). The van der Waals surface area contributed by atoms with Gasteiger partial charge in [0.2, 0.25) is 5.88 Å². The number of aliphatic hydroxyl groups is 1. The van der Waals surface area contributed by atoms with Gasteiger partial charge in [-0.1, -0.05) is 0 Å². The highest BCUT2D eigenvalue weighted by Gasteiger charge is 2.07. The Bertz CT molecular complexity index is 570. The molecule has 18 heavy (non-hydrogen) atoms. The molecule has 94 valence electrons. The molecule has 4 heteroatoms. The Labute approximate surface area is 105 Å². The Balaban J connectivity index is 2.28. The number of nitrogens with zero attached hydrogens (tertiary/aromatic N) is 1. The molecule has 0 fully saturated rings. The van der Waals surface area contributed by atoms with Crippen molar-refractivity contribution in [1.82, 2.24) is 4.98 Å². The van der Waals surface area contributed by atoms with E-state index in [0.29, 0.717) is 17.2 Å². The molecular formula is C14H14FNO2. The Hall–Kier alpha value is -1.94. The Kier molecular flexibility index (Phi) is 3.58. The van der Waals surface area contributed by atoms with E-state index in [1.165, 1.54) is 12.1 Å². The molecule has 1 heterocycles. The van der Waals surface area contributed by atoms with E-state index in [1.54, 1.807) is 25.3 Å². The summed E-state index contributed by atoms with van der Waals surface area (Å²) in [5, 5.41) is 8.99. The lowest BCUT2D eigenvalue weighted by molar-refractivity contribution is 0.281. The predicted molar refractivity (Wildman–Crippen MR) is 66.1 cm³/mol. The summed E-state index contributed by atoms with van der Waals surface area (Å²) in [6.45, 7) is 3.57. The van der Waals surface area contributed by atoms with Gasteiger partial charge in [-0.3, -0.25) is 0 Å². The number of rotatable bonds is 3. The molecule has 0 saturated carbocycles. The van der Waals surface area contributed by atoms with Gasteiger partial charge in [-0.15, -0.1) is 0 Å². The van der Waals surface area contributed by atoms with E-state index in [4.69, 9.17) is 9.84 Å². The second-order valence-corrected chi connectivity index (χ2v) is 4.14. The van der Waals surface area contributed by atoms with Crippen LogP contribution in [0, 0.1) is 19.7 Å². The van der Waals surface area contributed by atoms with Crippen LogP contribution in [0.5, 0.6) is 11.6 Å². The molecule has 0 amide bonds. The fraction of sp³-hybridized carbons (Fsp3) is 0.214. The first kappa shape index (κ1) is 12.5. The van der Waals surface area contributed by atoms with Crippen LogP contribution in [0.4, 0.5) is 4.39 Å². The van der Waals surface area contributed by atoms with Crippen LogP contribution < -0.4 is 4.74 Å². The molecule has 0 atom stereocenters. The lowest BCUT2D eigenvalue weighted by Gasteiger charge is -2.10. The van der Waals surface area contributed by atoms with Gasteiger partial charge >= 0.3 is 0 Å². The monoisotopic (exact) mass is 247 g/mol. The van der Waals surface area contributed by atoms with Crippen LogP contribution in [0.25, 0.3) is 0 Å². The largest absolute Gasteiger partial charge is 0.438 e. The van der Waals surface area contributed by atoms with E-state index >= 15 is 0 Å². The van der Waals surface area contributed by atoms with Gasteiger partial charge < -0.3 is 9.84 Å². The molecule has 1 aromatic carbocycles. The molecule has 1 aromatic heterocycles. The highest BCUT2D eigenvalue weighted by molar-refractivity contribution is 5.38. The van der Waals surface area contributed by atoms with E-state index in [-0.39, 0.29) is 12.4 Å². The van der Waals surface area contributed by atoms with Gasteiger partial charge in [-0.2, -0.15) is 0 Å². The van der Waals surface area contributed by atoms with E-state index < -0.39 is 0 Å². The normalized spacial score (nSPS) is 10.4. The van der Waals surface area contributed by atoms with Gasteiger partial charge in [0, 0.05) is 11.8 Å². The highest BCUT2D eigenvalue weighted by atomic mass is 19.1. The molecule has 2 aromatic rings. The van der Waals surface area contributed by atoms with E-state index in [1.807, 2.05) is 6.92 Å². The maximum atomic E-state index is 13.0. The third-order valence-corrected chi connectivity index (χ3v) is 2.61. The van der Waals surface area contributed by atoms with E-state index in [2.05, 4.69) is 4.98 Å². The molecule has 0 aliphatic heterocycles. The van der Waals surface area contributed by atoms with Gasteiger partial charge in [-0.05, 0) is 49.2 Å². The molecule has 0 unspecified atom stereocenters. The molecule has 3 nitrogen and oxygen atoms in total. The highest BCUT2D eigenvalue weighted by Crippen LogP contribution is 2.26. The quantitative estimate of drug-likeness (QED) is 0.906. The first-order valence-electron chi connectivity index (χ1n) is 5.60. The minimum absolute atomic E-state index is 0.0519. The van der Waals surface area contributed by atoms with Crippen molar-refractivity contribution in [3.05, 3.63) is 53.0 Å². The number of benzene rings is 1. The zero-order valence-corrected chi connectivity index (χ0v) is 10.3. The van der Waals surface area contributed by atoms with Crippen LogP contribution in [-0.4, -0.2) is 10.1 Å². The second-order valence-electron chi connectivity index (χ2n) is 4.14. The SMILES string of the molecule is Cc1cc(F)ccc1Oc1ncc(CO)cc1C. The number of aromatic nitrogens is 1. The van der Waals surface area contributed by atoms with Crippen molar-refractivity contribution in [3.63, 3.8) is 0 Å². The third-order valence-electron chi connectivity index (χ3n) is 2.61. The van der Waals surface area contributed by atoms with Gasteiger partial charge in [0.15, 0.2) is 0 Å². The van der Waals surface area contributed by atoms with Crippen molar-refractivity contribution >= 4 is 0 Å². The average molecular weight is 247 g/mol. The van der Waals surface area contributed by atoms with Crippen LogP contribution in [0.15, 0.2) is 30.5 Å². The van der Waals surface area contributed by atoms with Crippen LogP contribution in [0.2, 0.25) is 0 Å². The zero-order chi connectivity index (χ0) is 13.1. The third kappa shape index (κ3) is 2.65. The maximum absolute atomic E-state index is 13.0. The zero-order valence-electron chi connectivity index (χ0n) is 10.3. The summed E-state index contributed by atoms with van der Waals surface area (Å²) in [6, 6.07) is 6.14. The number of hydrogen-bond acceptors (Lipinski definition) is 3. The Morgan fingerprint density at radius 1 is 1.22 bits per heavy atom. The molecule has 0 spiro atoms. The van der Waals surface area contributed by atoms with Crippen molar-refractivity contribution in [3.8, 4) is 11.6 Å². The van der Waals surface area contributed by atoms with Gasteiger partial charge in [0.1, 0.15) is 11.6 Å². The lowest BCUT2D eigenvalue weighted by Crippen LogP contribution is -1.95. The van der Waals surface area contributed by atoms with Crippen LogP contribution in [0.3, 0.4) is 0 Å². The van der Waals surface area contributed by atoms with Crippen LogP contribution in [0.1, 0.15) is 16.7 Å². The summed E-state index contributed by atoms with van der Waals surface area (Å²) in [4.78, 5) is 4.13. The standard InChI is InChI=1S/C14H14FNO2/c1-9-6-12(15)3-4-13(9)18-14-10(2)5-11(8-17)7-16-14/h3-7,17H,8H2,1-2H3. The summed E-state index contributed by atoms with van der Waals surface area (Å²) in [5.74, 6) is 0.741. The van der Waals surface area contributed by atoms with E-state index in [0.717, 1.165) is 11.1 Å². The van der Waals surface area contributed by atoms with Crippen LogP contribution in [-0.2, 0) is 6.61 Å². The summed E-state index contributed by atoms with van der Waals surface area (Å²) < 4.78 is 18.6. The van der Waals surface area contributed by atoms with Gasteiger partial charge in [0.25, 0.3) is 0 Å².